The van der Waals surface area contributed by atoms with Gasteiger partial charge in [0.1, 0.15) is 5.75 Å². The lowest BCUT2D eigenvalue weighted by molar-refractivity contribution is -0.123. The minimum Gasteiger partial charge on any atom is -0.496 e. The monoisotopic (exact) mass is 405 g/mol. The van der Waals surface area contributed by atoms with E-state index in [9.17, 15) is 9.59 Å². The molecular weight excluding hydrogens is 382 g/mol. The molecule has 28 heavy (non-hydrogen) atoms. The number of carbonyl (C=O) groups excluding carboxylic acids is 2. The van der Waals surface area contributed by atoms with Crippen molar-refractivity contribution in [2.45, 2.75) is 33.5 Å². The van der Waals surface area contributed by atoms with E-state index in [-0.39, 0.29) is 0 Å². The number of anilines is 1. The molecule has 2 rings (SSSR count). The van der Waals surface area contributed by atoms with Crippen LogP contribution in [0.3, 0.4) is 0 Å². The van der Waals surface area contributed by atoms with Crippen molar-refractivity contribution < 1.29 is 23.8 Å². The fourth-order valence-corrected chi connectivity index (χ4v) is 2.65. The smallest absolute Gasteiger partial charge is 0.338 e. The zero-order valence-corrected chi connectivity index (χ0v) is 17.1. The lowest BCUT2D eigenvalue weighted by Crippen LogP contribution is -2.30. The maximum absolute atomic E-state index is 12.5. The van der Waals surface area contributed by atoms with Crippen molar-refractivity contribution in [3.05, 3.63) is 58.1 Å². The van der Waals surface area contributed by atoms with E-state index in [0.29, 0.717) is 35.2 Å². The van der Waals surface area contributed by atoms with Gasteiger partial charge in [-0.25, -0.2) is 4.79 Å². The van der Waals surface area contributed by atoms with Gasteiger partial charge in [-0.1, -0.05) is 17.7 Å². The third-order valence-corrected chi connectivity index (χ3v) is 4.32. The molecule has 0 aromatic heterocycles. The molecule has 0 aliphatic rings. The van der Waals surface area contributed by atoms with Crippen LogP contribution in [0, 0.1) is 6.92 Å². The largest absolute Gasteiger partial charge is 0.496 e. The Labute approximate surface area is 169 Å². The molecule has 0 unspecified atom stereocenters. The van der Waals surface area contributed by atoms with E-state index in [1.165, 1.54) is 6.92 Å². The maximum atomic E-state index is 12.5. The van der Waals surface area contributed by atoms with Crippen molar-refractivity contribution in [2.24, 2.45) is 0 Å². The van der Waals surface area contributed by atoms with E-state index in [0.717, 1.165) is 11.1 Å². The number of carbonyl (C=O) groups is 2. The first-order valence-corrected chi connectivity index (χ1v) is 9.26. The standard InChI is InChI=1S/C21H24ClNO5/c1-5-27-12-16-10-15(7-9-19(16)26-4)21(25)28-14(3)20(24)23-18-11-17(22)8-6-13(18)2/h6-11,14H,5,12H2,1-4H3,(H,23,24)/t14-/m1/s1. The normalized spacial score (nSPS) is 11.6. The highest BCUT2D eigenvalue weighted by Crippen LogP contribution is 2.23. The molecule has 0 saturated heterocycles. The molecule has 0 heterocycles. The van der Waals surface area contributed by atoms with Crippen molar-refractivity contribution in [3.8, 4) is 5.75 Å². The highest BCUT2D eigenvalue weighted by Gasteiger charge is 2.20. The van der Waals surface area contributed by atoms with Crippen LogP contribution in [0.25, 0.3) is 0 Å². The molecule has 6 nitrogen and oxygen atoms in total. The highest BCUT2D eigenvalue weighted by molar-refractivity contribution is 6.31. The van der Waals surface area contributed by atoms with Crippen LogP contribution in [0.1, 0.15) is 35.3 Å². The van der Waals surface area contributed by atoms with E-state index in [1.807, 2.05) is 13.8 Å². The fraction of sp³-hybridized carbons (Fsp3) is 0.333. The van der Waals surface area contributed by atoms with Crippen LogP contribution in [0.15, 0.2) is 36.4 Å². The molecule has 1 N–H and O–H groups in total. The topological polar surface area (TPSA) is 73.9 Å². The molecule has 0 aliphatic heterocycles. The molecule has 0 bridgehead atoms. The van der Waals surface area contributed by atoms with Gasteiger partial charge >= 0.3 is 5.97 Å². The summed E-state index contributed by atoms with van der Waals surface area (Å²) in [6.45, 7) is 6.09. The number of halogens is 1. The number of ether oxygens (including phenoxy) is 3. The van der Waals surface area contributed by atoms with Crippen molar-refractivity contribution >= 4 is 29.2 Å². The molecule has 150 valence electrons. The average molecular weight is 406 g/mol. The molecular formula is C21H24ClNO5. The number of aryl methyl sites for hydroxylation is 1. The van der Waals surface area contributed by atoms with E-state index in [4.69, 9.17) is 25.8 Å². The first-order chi connectivity index (χ1) is 13.3. The summed E-state index contributed by atoms with van der Waals surface area (Å²) < 4.78 is 16.0. The van der Waals surface area contributed by atoms with Crippen molar-refractivity contribution in [1.29, 1.82) is 0 Å². The number of esters is 1. The zero-order chi connectivity index (χ0) is 20.7. The second-order valence-electron chi connectivity index (χ2n) is 6.16. The number of rotatable bonds is 8. The Morgan fingerprint density at radius 2 is 1.93 bits per heavy atom. The summed E-state index contributed by atoms with van der Waals surface area (Å²) in [6.07, 6.45) is -0.983. The van der Waals surface area contributed by atoms with E-state index >= 15 is 0 Å². The Morgan fingerprint density at radius 1 is 1.18 bits per heavy atom. The zero-order valence-electron chi connectivity index (χ0n) is 16.4. The Kier molecular flexibility index (Phi) is 7.84. The minimum absolute atomic E-state index is 0.310. The Balaban J connectivity index is 2.06. The molecule has 1 amide bonds. The second kappa shape index (κ2) is 10.1. The van der Waals surface area contributed by atoms with Gasteiger partial charge in [0.05, 0.1) is 19.3 Å². The number of nitrogens with one attached hydrogen (secondary N) is 1. The molecule has 0 fully saturated rings. The quantitative estimate of drug-likeness (QED) is 0.660. The summed E-state index contributed by atoms with van der Waals surface area (Å²) in [4.78, 5) is 24.8. The molecule has 1 atom stereocenters. The Hall–Kier alpha value is -2.57. The van der Waals surface area contributed by atoms with E-state index < -0.39 is 18.0 Å². The third kappa shape index (κ3) is 5.71. The van der Waals surface area contributed by atoms with Gasteiger partial charge in [0.2, 0.25) is 0 Å². The molecule has 0 spiro atoms. The van der Waals surface area contributed by atoms with Crippen LogP contribution in [-0.4, -0.2) is 31.7 Å². The average Bonchev–Trinajstić information content (AvgIpc) is 2.68. The van der Waals surface area contributed by atoms with Gasteiger partial charge in [-0.2, -0.15) is 0 Å². The van der Waals surface area contributed by atoms with E-state index in [2.05, 4.69) is 5.32 Å². The van der Waals surface area contributed by atoms with Gasteiger partial charge in [-0.15, -0.1) is 0 Å². The number of benzene rings is 2. The number of hydrogen-bond donors (Lipinski definition) is 1. The summed E-state index contributed by atoms with van der Waals surface area (Å²) >= 11 is 5.96. The second-order valence-corrected chi connectivity index (χ2v) is 6.60. The fourth-order valence-electron chi connectivity index (χ4n) is 2.48. The molecule has 2 aromatic carbocycles. The van der Waals surface area contributed by atoms with Crippen LogP contribution in [0.5, 0.6) is 5.75 Å². The van der Waals surface area contributed by atoms with Gasteiger partial charge in [0, 0.05) is 22.9 Å². The van der Waals surface area contributed by atoms with Crippen LogP contribution in [0.2, 0.25) is 5.02 Å². The summed E-state index contributed by atoms with van der Waals surface area (Å²) in [5, 5.41) is 3.23. The number of amides is 1. The maximum Gasteiger partial charge on any atom is 0.338 e. The summed E-state index contributed by atoms with van der Waals surface area (Å²) in [7, 11) is 1.55. The highest BCUT2D eigenvalue weighted by atomic mass is 35.5. The predicted molar refractivity (Wildman–Crippen MR) is 108 cm³/mol. The molecule has 0 saturated carbocycles. The van der Waals surface area contributed by atoms with Crippen LogP contribution >= 0.6 is 11.6 Å². The van der Waals surface area contributed by atoms with Crippen molar-refractivity contribution in [3.63, 3.8) is 0 Å². The molecule has 2 aromatic rings. The molecule has 0 radical (unpaired) electrons. The SMILES string of the molecule is CCOCc1cc(C(=O)O[C@H](C)C(=O)Nc2cc(Cl)ccc2C)ccc1OC. The van der Waals surface area contributed by atoms with Gasteiger partial charge in [0.25, 0.3) is 5.91 Å². The van der Waals surface area contributed by atoms with Crippen LogP contribution in [-0.2, 0) is 20.9 Å². The lowest BCUT2D eigenvalue weighted by atomic mass is 10.1. The van der Waals surface area contributed by atoms with Crippen LogP contribution in [0.4, 0.5) is 5.69 Å². The van der Waals surface area contributed by atoms with Crippen molar-refractivity contribution in [2.75, 3.05) is 19.0 Å². The Morgan fingerprint density at radius 3 is 2.61 bits per heavy atom. The van der Waals surface area contributed by atoms with Gasteiger partial charge in [0.15, 0.2) is 6.10 Å². The molecule has 0 aliphatic carbocycles. The molecule has 7 heteroatoms. The van der Waals surface area contributed by atoms with Crippen molar-refractivity contribution in [1.82, 2.24) is 0 Å². The lowest BCUT2D eigenvalue weighted by Gasteiger charge is -2.16. The van der Waals surface area contributed by atoms with Gasteiger partial charge in [-0.05, 0) is 56.7 Å². The summed E-state index contributed by atoms with van der Waals surface area (Å²) in [6, 6.07) is 10.1. The minimum atomic E-state index is -0.983. The first-order valence-electron chi connectivity index (χ1n) is 8.88. The van der Waals surface area contributed by atoms with Gasteiger partial charge < -0.3 is 19.5 Å². The number of methoxy groups -OCH3 is 1. The van der Waals surface area contributed by atoms with Gasteiger partial charge in [-0.3, -0.25) is 4.79 Å². The third-order valence-electron chi connectivity index (χ3n) is 4.09. The van der Waals surface area contributed by atoms with E-state index in [1.54, 1.807) is 43.5 Å². The Bertz CT molecular complexity index is 853. The van der Waals surface area contributed by atoms with Crippen LogP contribution < -0.4 is 10.1 Å². The first kappa shape index (κ1) is 21.7. The number of hydrogen-bond acceptors (Lipinski definition) is 5. The predicted octanol–water partition coefficient (Wildman–Crippen LogP) is 4.38. The summed E-state index contributed by atoms with van der Waals surface area (Å²) in [5.41, 5.74) is 2.47. The summed E-state index contributed by atoms with van der Waals surface area (Å²) in [5.74, 6) is -0.431.